The Morgan fingerprint density at radius 3 is 2.25 bits per heavy atom. The van der Waals surface area contributed by atoms with Crippen molar-refractivity contribution in [2.75, 3.05) is 45.0 Å². The second-order valence-corrected chi connectivity index (χ2v) is 11.9. The van der Waals surface area contributed by atoms with E-state index in [9.17, 15) is 5.11 Å². The third-order valence-electron chi connectivity index (χ3n) is 7.46. The number of thioether (sulfide) groups is 1. The molecule has 0 radical (unpaired) electrons. The lowest BCUT2D eigenvalue weighted by atomic mass is 9.62. The molecule has 1 aliphatic carbocycles. The zero-order valence-corrected chi connectivity index (χ0v) is 25.8. The van der Waals surface area contributed by atoms with Crippen LogP contribution in [0.25, 0.3) is 11.1 Å². The van der Waals surface area contributed by atoms with Crippen molar-refractivity contribution in [2.45, 2.75) is 44.9 Å². The molecule has 2 aliphatic rings. The van der Waals surface area contributed by atoms with Gasteiger partial charge in [-0.05, 0) is 86.3 Å². The van der Waals surface area contributed by atoms with Gasteiger partial charge in [0.05, 0.1) is 12.7 Å². The van der Waals surface area contributed by atoms with Gasteiger partial charge in [-0.1, -0.05) is 43.0 Å². The molecule has 0 amide bonds. The average molecular weight is 580 g/mol. The Morgan fingerprint density at radius 1 is 1.05 bits per heavy atom. The zero-order valence-electron chi connectivity index (χ0n) is 24.2. The molecule has 2 aromatic carbocycles. The van der Waals surface area contributed by atoms with E-state index in [0.717, 1.165) is 34.8 Å². The molecule has 40 heavy (non-hydrogen) atoms. The fraction of sp³-hybridized carbons (Fsp3) is 0.469. The number of ether oxygens (including phenoxy) is 1. The molecule has 1 unspecified atom stereocenters. The Bertz CT molecular complexity index is 1250. The number of rotatable bonds is 9. The maximum absolute atomic E-state index is 9.95. The number of hydrogen-bond donors (Lipinski definition) is 1. The second-order valence-electron chi connectivity index (χ2n) is 10.5. The quantitative estimate of drug-likeness (QED) is 0.235. The largest absolute Gasteiger partial charge is 0.490 e. The van der Waals surface area contributed by atoms with Crippen LogP contribution in [-0.4, -0.2) is 70.7 Å². The first-order valence-electron chi connectivity index (χ1n) is 13.8. The Labute approximate surface area is 248 Å². The van der Waals surface area contributed by atoms with Crippen LogP contribution in [0.4, 0.5) is 0 Å². The van der Waals surface area contributed by atoms with E-state index in [1.807, 2.05) is 48.6 Å². The molecule has 1 spiro atoms. The normalized spacial score (nSPS) is 17.4. The third kappa shape index (κ3) is 7.45. The Morgan fingerprint density at radius 2 is 1.68 bits per heavy atom. The van der Waals surface area contributed by atoms with Crippen LogP contribution < -0.4 is 4.74 Å². The molecule has 214 valence electrons. The van der Waals surface area contributed by atoms with Gasteiger partial charge in [0, 0.05) is 42.7 Å². The number of nitrogens with zero attached hydrogens (tertiary/aromatic N) is 3. The minimum atomic E-state index is -0.391. The number of imidazole rings is 1. The first-order valence-corrected chi connectivity index (χ1v) is 16.6. The van der Waals surface area contributed by atoms with Gasteiger partial charge in [-0.15, -0.1) is 0 Å². The van der Waals surface area contributed by atoms with Gasteiger partial charge in [-0.25, -0.2) is 4.98 Å². The summed E-state index contributed by atoms with van der Waals surface area (Å²) in [4.78, 5) is 6.89. The highest BCUT2D eigenvalue weighted by Gasteiger charge is 2.52. The van der Waals surface area contributed by atoms with Gasteiger partial charge in [-0.3, -0.25) is 0 Å². The highest BCUT2D eigenvalue weighted by molar-refractivity contribution is 7.97. The standard InChI is InChI=1S/C30H35N3O3S.C2H6S/c1-4-32-20-30(21-32)17-28(18-30)35-27-13-10-25(11-14-27)24-8-5-23(6-9-24)7-12-26(19-34)33-16-15-31-29(33)22(2)36-37-3;1-3-2/h5-6,8-11,13-16,22,26,28,34H,4,17-21H2,1-3H3;1-2H3/t22-,26?;/m0./s1. The highest BCUT2D eigenvalue weighted by Crippen LogP contribution is 2.49. The SMILES string of the molecule is CCN1CC2(CC(Oc3ccc(-c4ccc(C#CC(CO)n5ccnc5[C@H](C)OSC)cc4)cc3)C2)C1.CSC. The molecule has 1 aromatic heterocycles. The number of aromatic nitrogens is 2. The summed E-state index contributed by atoms with van der Waals surface area (Å²) in [5, 5.41) is 9.95. The van der Waals surface area contributed by atoms with E-state index < -0.39 is 6.04 Å². The van der Waals surface area contributed by atoms with E-state index >= 15 is 0 Å². The van der Waals surface area contributed by atoms with Crippen LogP contribution in [0.2, 0.25) is 0 Å². The minimum Gasteiger partial charge on any atom is -0.490 e. The molecular formula is C32H41N3O3S2. The summed E-state index contributed by atoms with van der Waals surface area (Å²) in [7, 11) is 0. The van der Waals surface area contributed by atoms with Crippen LogP contribution in [0.3, 0.4) is 0 Å². The topological polar surface area (TPSA) is 59.8 Å². The van der Waals surface area contributed by atoms with E-state index in [-0.39, 0.29) is 12.7 Å². The van der Waals surface area contributed by atoms with Crippen LogP contribution in [0.5, 0.6) is 5.75 Å². The summed E-state index contributed by atoms with van der Waals surface area (Å²) >= 11 is 3.05. The predicted molar refractivity (Wildman–Crippen MR) is 168 cm³/mol. The smallest absolute Gasteiger partial charge is 0.140 e. The van der Waals surface area contributed by atoms with Gasteiger partial charge in [0.15, 0.2) is 0 Å². The molecule has 2 fully saturated rings. The van der Waals surface area contributed by atoms with Gasteiger partial charge < -0.3 is 23.5 Å². The van der Waals surface area contributed by atoms with Crippen LogP contribution in [0.1, 0.15) is 50.2 Å². The van der Waals surface area contributed by atoms with Crippen LogP contribution >= 0.6 is 23.8 Å². The molecule has 3 aromatic rings. The first-order chi connectivity index (χ1) is 19.4. The molecule has 0 bridgehead atoms. The fourth-order valence-electron chi connectivity index (χ4n) is 5.50. The molecule has 1 N–H and O–H groups in total. The van der Waals surface area contributed by atoms with Gasteiger partial charge in [0.2, 0.25) is 0 Å². The maximum Gasteiger partial charge on any atom is 0.140 e. The lowest BCUT2D eigenvalue weighted by Gasteiger charge is -2.58. The van der Waals surface area contributed by atoms with Crippen molar-refractivity contribution < 1.29 is 14.0 Å². The summed E-state index contributed by atoms with van der Waals surface area (Å²) in [5.41, 5.74) is 3.71. The van der Waals surface area contributed by atoms with E-state index in [2.05, 4.69) is 65.0 Å². The van der Waals surface area contributed by atoms with Gasteiger partial charge in [0.1, 0.15) is 23.7 Å². The summed E-state index contributed by atoms with van der Waals surface area (Å²) in [6, 6.07) is 16.2. The molecular weight excluding hydrogens is 539 g/mol. The van der Waals surface area contributed by atoms with Crippen molar-refractivity contribution in [2.24, 2.45) is 5.41 Å². The zero-order chi connectivity index (χ0) is 28.5. The summed E-state index contributed by atoms with van der Waals surface area (Å²) in [5.74, 6) is 8.07. The molecule has 1 saturated carbocycles. The van der Waals surface area contributed by atoms with Crippen molar-refractivity contribution in [3.05, 3.63) is 72.3 Å². The van der Waals surface area contributed by atoms with Crippen molar-refractivity contribution in [1.82, 2.24) is 14.5 Å². The van der Waals surface area contributed by atoms with Gasteiger partial charge >= 0.3 is 0 Å². The molecule has 2 heterocycles. The monoisotopic (exact) mass is 579 g/mol. The summed E-state index contributed by atoms with van der Waals surface area (Å²) in [6.07, 6.45) is 12.0. The lowest BCUT2D eigenvalue weighted by Crippen LogP contribution is -2.64. The number of likely N-dealkylation sites (tertiary alicyclic amines) is 1. The molecule has 8 heteroatoms. The van der Waals surface area contributed by atoms with Crippen LogP contribution in [0, 0.1) is 17.3 Å². The van der Waals surface area contributed by atoms with Crippen molar-refractivity contribution >= 4 is 23.8 Å². The molecule has 2 atom stereocenters. The summed E-state index contributed by atoms with van der Waals surface area (Å²) < 4.78 is 13.7. The Hall–Kier alpha value is -2.41. The minimum absolute atomic E-state index is 0.103. The van der Waals surface area contributed by atoms with Crippen molar-refractivity contribution in [3.63, 3.8) is 0 Å². The van der Waals surface area contributed by atoms with Crippen molar-refractivity contribution in [1.29, 1.82) is 0 Å². The average Bonchev–Trinajstić information content (AvgIpc) is 3.41. The number of aliphatic hydroxyl groups excluding tert-OH is 1. The Balaban J connectivity index is 0.00000118. The number of aliphatic hydroxyl groups is 1. The molecule has 6 nitrogen and oxygen atoms in total. The second kappa shape index (κ2) is 14.5. The van der Waals surface area contributed by atoms with E-state index in [4.69, 9.17) is 8.92 Å². The van der Waals surface area contributed by atoms with Gasteiger partial charge in [-0.2, -0.15) is 11.8 Å². The molecule has 5 rings (SSSR count). The number of benzene rings is 2. The maximum atomic E-state index is 9.95. The number of hydrogen-bond acceptors (Lipinski definition) is 7. The summed E-state index contributed by atoms with van der Waals surface area (Å²) in [6.45, 7) is 7.70. The lowest BCUT2D eigenvalue weighted by molar-refractivity contribution is -0.117. The Kier molecular flexibility index (Phi) is 11.1. The first kappa shape index (κ1) is 30.5. The van der Waals surface area contributed by atoms with E-state index in [1.54, 1.807) is 18.0 Å². The highest BCUT2D eigenvalue weighted by atomic mass is 32.2. The fourth-order valence-corrected chi connectivity index (χ4v) is 5.87. The van der Waals surface area contributed by atoms with Crippen LogP contribution in [0.15, 0.2) is 60.9 Å². The third-order valence-corrected chi connectivity index (χ3v) is 7.94. The molecule has 1 aliphatic heterocycles. The van der Waals surface area contributed by atoms with E-state index in [0.29, 0.717) is 11.5 Å². The van der Waals surface area contributed by atoms with Crippen LogP contribution in [-0.2, 0) is 4.18 Å². The molecule has 1 saturated heterocycles. The predicted octanol–water partition coefficient (Wildman–Crippen LogP) is 6.33. The van der Waals surface area contributed by atoms with Gasteiger partial charge in [0.25, 0.3) is 0 Å². The van der Waals surface area contributed by atoms with E-state index in [1.165, 1.54) is 38.0 Å². The van der Waals surface area contributed by atoms with Crippen molar-refractivity contribution in [3.8, 4) is 28.7 Å².